The molecule has 2 atom stereocenters. The number of nitrogens with zero attached hydrogens (tertiary/aromatic N) is 3. The van der Waals surface area contributed by atoms with Crippen LogP contribution >= 0.6 is 0 Å². The Balaban J connectivity index is 1.81. The van der Waals surface area contributed by atoms with E-state index < -0.39 is 10.2 Å². The van der Waals surface area contributed by atoms with Gasteiger partial charge in [-0.25, -0.2) is 0 Å². The molecule has 0 saturated carbocycles. The van der Waals surface area contributed by atoms with Gasteiger partial charge in [0.1, 0.15) is 0 Å². The number of benzene rings is 1. The van der Waals surface area contributed by atoms with Gasteiger partial charge in [0, 0.05) is 39.3 Å². The van der Waals surface area contributed by atoms with Crippen molar-refractivity contribution in [2.24, 2.45) is 5.92 Å². The molecule has 2 fully saturated rings. The number of likely N-dealkylation sites (N-methyl/N-ethyl adjacent to an activating group) is 1. The Labute approximate surface area is 151 Å². The van der Waals surface area contributed by atoms with Crippen molar-refractivity contribution in [2.75, 3.05) is 46.3 Å². The van der Waals surface area contributed by atoms with Gasteiger partial charge in [0.2, 0.25) is 0 Å². The molecule has 2 saturated heterocycles. The van der Waals surface area contributed by atoms with Crippen LogP contribution in [0.4, 0.5) is 0 Å². The Morgan fingerprint density at radius 3 is 2.24 bits per heavy atom. The van der Waals surface area contributed by atoms with Crippen molar-refractivity contribution in [2.45, 2.75) is 26.1 Å². The van der Waals surface area contributed by atoms with Crippen molar-refractivity contribution in [1.82, 2.24) is 13.5 Å². The van der Waals surface area contributed by atoms with E-state index in [-0.39, 0.29) is 18.1 Å². The maximum Gasteiger partial charge on any atom is 0.282 e. The van der Waals surface area contributed by atoms with Gasteiger partial charge in [0.05, 0.1) is 12.2 Å². The lowest BCUT2D eigenvalue weighted by Crippen LogP contribution is -2.56. The largest absolute Gasteiger partial charge is 0.367 e. The fraction of sp³-hybridized carbons (Fsp3) is 0.667. The third-order valence-corrected chi connectivity index (χ3v) is 7.09. The van der Waals surface area contributed by atoms with Crippen LogP contribution in [0, 0.1) is 5.92 Å². The molecule has 1 aromatic carbocycles. The molecule has 0 unspecified atom stereocenters. The summed E-state index contributed by atoms with van der Waals surface area (Å²) in [7, 11) is -1.43. The van der Waals surface area contributed by atoms with Gasteiger partial charge in [-0.1, -0.05) is 44.2 Å². The SMILES string of the molecule is CC(C)[C@H]1CN(S(=O)(=O)N2CCN(C)CC2)C[C@@H](c2ccccc2)O1. The minimum Gasteiger partial charge on any atom is -0.367 e. The fourth-order valence-corrected chi connectivity index (χ4v) is 4.96. The van der Waals surface area contributed by atoms with Crippen LogP contribution in [0.3, 0.4) is 0 Å². The predicted octanol–water partition coefficient (Wildman–Crippen LogP) is 1.58. The highest BCUT2D eigenvalue weighted by Gasteiger charge is 2.39. The summed E-state index contributed by atoms with van der Waals surface area (Å²) in [5.41, 5.74) is 1.03. The van der Waals surface area contributed by atoms with Gasteiger partial charge in [-0.05, 0) is 18.5 Å². The molecule has 3 rings (SSSR count). The van der Waals surface area contributed by atoms with Crippen LogP contribution in [-0.4, -0.2) is 74.3 Å². The second kappa shape index (κ2) is 7.72. The first-order valence-electron chi connectivity index (χ1n) is 9.02. The van der Waals surface area contributed by atoms with E-state index in [1.807, 2.05) is 37.4 Å². The Kier molecular flexibility index (Phi) is 5.80. The molecule has 0 radical (unpaired) electrons. The number of rotatable bonds is 4. The molecule has 140 valence electrons. The van der Waals surface area contributed by atoms with Crippen molar-refractivity contribution in [3.05, 3.63) is 35.9 Å². The monoisotopic (exact) mass is 367 g/mol. The van der Waals surface area contributed by atoms with E-state index in [4.69, 9.17) is 4.74 Å². The summed E-state index contributed by atoms with van der Waals surface area (Å²) in [4.78, 5) is 2.16. The molecule has 0 aliphatic carbocycles. The molecule has 6 nitrogen and oxygen atoms in total. The number of hydrogen-bond donors (Lipinski definition) is 0. The summed E-state index contributed by atoms with van der Waals surface area (Å²) in [5, 5.41) is 0. The highest BCUT2D eigenvalue weighted by molar-refractivity contribution is 7.86. The third-order valence-electron chi connectivity index (χ3n) is 5.12. The first-order chi connectivity index (χ1) is 11.9. The fourth-order valence-electron chi connectivity index (χ4n) is 3.35. The highest BCUT2D eigenvalue weighted by Crippen LogP contribution is 2.30. The van der Waals surface area contributed by atoms with Crippen molar-refractivity contribution in [1.29, 1.82) is 0 Å². The molecule has 0 N–H and O–H groups in total. The number of ether oxygens (including phenoxy) is 1. The minimum atomic E-state index is -3.46. The Morgan fingerprint density at radius 2 is 1.64 bits per heavy atom. The van der Waals surface area contributed by atoms with Gasteiger partial charge < -0.3 is 9.64 Å². The van der Waals surface area contributed by atoms with Gasteiger partial charge in [-0.15, -0.1) is 0 Å². The summed E-state index contributed by atoms with van der Waals surface area (Å²) in [6.07, 6.45) is -0.314. The molecule has 7 heteroatoms. The number of piperazine rings is 1. The summed E-state index contributed by atoms with van der Waals surface area (Å²) in [5.74, 6) is 0.261. The van der Waals surface area contributed by atoms with Gasteiger partial charge >= 0.3 is 0 Å². The zero-order chi connectivity index (χ0) is 18.0. The molecule has 2 heterocycles. The van der Waals surface area contributed by atoms with Crippen molar-refractivity contribution in [3.63, 3.8) is 0 Å². The van der Waals surface area contributed by atoms with E-state index in [0.717, 1.165) is 18.7 Å². The molecule has 0 spiro atoms. The molecular weight excluding hydrogens is 338 g/mol. The lowest BCUT2D eigenvalue weighted by atomic mass is 10.0. The number of morpholine rings is 1. The van der Waals surface area contributed by atoms with Crippen LogP contribution in [0.5, 0.6) is 0 Å². The molecule has 2 aliphatic heterocycles. The zero-order valence-corrected chi connectivity index (χ0v) is 16.2. The summed E-state index contributed by atoms with van der Waals surface area (Å²) in [6, 6.07) is 9.92. The second-order valence-electron chi connectivity index (χ2n) is 7.34. The first kappa shape index (κ1) is 18.8. The third kappa shape index (κ3) is 4.23. The van der Waals surface area contributed by atoms with E-state index in [1.165, 1.54) is 0 Å². The highest BCUT2D eigenvalue weighted by atomic mass is 32.2. The molecule has 0 bridgehead atoms. The van der Waals surface area contributed by atoms with E-state index >= 15 is 0 Å². The normalized spacial score (nSPS) is 27.7. The van der Waals surface area contributed by atoms with Crippen LogP contribution in [0.2, 0.25) is 0 Å². The summed E-state index contributed by atoms with van der Waals surface area (Å²) < 4.78 is 35.8. The molecule has 25 heavy (non-hydrogen) atoms. The van der Waals surface area contributed by atoms with Crippen LogP contribution < -0.4 is 0 Å². The first-order valence-corrected chi connectivity index (χ1v) is 10.4. The van der Waals surface area contributed by atoms with Crippen molar-refractivity contribution >= 4 is 10.2 Å². The molecular formula is C18H29N3O3S. The standard InChI is InChI=1S/C18H29N3O3S/c1-15(2)17-13-21(14-18(24-17)16-7-5-4-6-8-16)25(22,23)20-11-9-19(3)10-12-20/h4-8,15,17-18H,9-14H2,1-3H3/t17-,18+/m1/s1. The maximum atomic E-state index is 13.2. The van der Waals surface area contributed by atoms with Gasteiger partial charge in [-0.3, -0.25) is 0 Å². The van der Waals surface area contributed by atoms with E-state index in [1.54, 1.807) is 8.61 Å². The Bertz CT molecular complexity index is 657. The van der Waals surface area contributed by atoms with Crippen LogP contribution in [0.15, 0.2) is 30.3 Å². The Hall–Kier alpha value is -0.990. The van der Waals surface area contributed by atoms with E-state index in [9.17, 15) is 8.42 Å². The Morgan fingerprint density at radius 1 is 1.00 bits per heavy atom. The zero-order valence-electron chi connectivity index (χ0n) is 15.3. The molecule has 0 aromatic heterocycles. The predicted molar refractivity (Wildman–Crippen MR) is 98.5 cm³/mol. The quantitative estimate of drug-likeness (QED) is 0.811. The average molecular weight is 368 g/mol. The molecule has 1 aromatic rings. The van der Waals surface area contributed by atoms with Gasteiger partial charge in [0.25, 0.3) is 10.2 Å². The topological polar surface area (TPSA) is 53.1 Å². The van der Waals surface area contributed by atoms with Crippen LogP contribution in [0.25, 0.3) is 0 Å². The lowest BCUT2D eigenvalue weighted by Gasteiger charge is -2.42. The van der Waals surface area contributed by atoms with Crippen LogP contribution in [0.1, 0.15) is 25.5 Å². The smallest absolute Gasteiger partial charge is 0.282 e. The van der Waals surface area contributed by atoms with Crippen LogP contribution in [-0.2, 0) is 14.9 Å². The van der Waals surface area contributed by atoms with Gasteiger partial charge in [0.15, 0.2) is 0 Å². The molecule has 0 amide bonds. The second-order valence-corrected chi connectivity index (χ2v) is 9.27. The van der Waals surface area contributed by atoms with Gasteiger partial charge in [-0.2, -0.15) is 17.0 Å². The van der Waals surface area contributed by atoms with Crippen molar-refractivity contribution < 1.29 is 13.2 Å². The molecule has 2 aliphatic rings. The van der Waals surface area contributed by atoms with Crippen molar-refractivity contribution in [3.8, 4) is 0 Å². The van der Waals surface area contributed by atoms with E-state index in [0.29, 0.717) is 26.2 Å². The maximum absolute atomic E-state index is 13.2. The number of hydrogen-bond acceptors (Lipinski definition) is 4. The van der Waals surface area contributed by atoms with E-state index in [2.05, 4.69) is 18.7 Å². The minimum absolute atomic E-state index is 0.0961. The summed E-state index contributed by atoms with van der Waals surface area (Å²) in [6.45, 7) is 7.63. The average Bonchev–Trinajstić information content (AvgIpc) is 2.62. The lowest BCUT2D eigenvalue weighted by molar-refractivity contribution is -0.0859. The summed E-state index contributed by atoms with van der Waals surface area (Å²) >= 11 is 0.